The van der Waals surface area contributed by atoms with Gasteiger partial charge >= 0.3 is 0 Å². The van der Waals surface area contributed by atoms with E-state index in [-0.39, 0.29) is 12.5 Å². The summed E-state index contributed by atoms with van der Waals surface area (Å²) in [7, 11) is 0. The van der Waals surface area contributed by atoms with Gasteiger partial charge in [0.2, 0.25) is 0 Å². The summed E-state index contributed by atoms with van der Waals surface area (Å²) in [6.07, 6.45) is 2.16. The zero-order valence-electron chi connectivity index (χ0n) is 12.4. The number of rotatable bonds is 4. The van der Waals surface area contributed by atoms with Crippen molar-refractivity contribution in [3.05, 3.63) is 41.7 Å². The fraction of sp³-hybridized carbons (Fsp3) is 0.267. The molecule has 1 aromatic carbocycles. The predicted molar refractivity (Wildman–Crippen MR) is 84.5 cm³/mol. The normalized spacial score (nSPS) is 11.2. The summed E-state index contributed by atoms with van der Waals surface area (Å²) >= 11 is 0. The van der Waals surface area contributed by atoms with Crippen LogP contribution in [0.15, 0.2) is 30.5 Å². The lowest BCUT2D eigenvalue weighted by atomic mass is 10.1. The molecule has 0 spiro atoms. The highest BCUT2D eigenvalue weighted by atomic mass is 16.2. The third-order valence-electron chi connectivity index (χ3n) is 3.72. The van der Waals surface area contributed by atoms with Gasteiger partial charge in [0.25, 0.3) is 5.91 Å². The van der Waals surface area contributed by atoms with Gasteiger partial charge in [0.05, 0.1) is 11.7 Å². The second-order valence-corrected chi connectivity index (χ2v) is 5.15. The summed E-state index contributed by atoms with van der Waals surface area (Å²) in [5.74, 6) is 0.193. The molecular weight excluding hydrogens is 280 g/mol. The molecule has 7 heteroatoms. The molecule has 7 nitrogen and oxygen atoms in total. The fourth-order valence-electron chi connectivity index (χ4n) is 2.79. The highest BCUT2D eigenvalue weighted by Crippen LogP contribution is 2.26. The Kier molecular flexibility index (Phi) is 3.64. The van der Waals surface area contributed by atoms with E-state index >= 15 is 0 Å². The second-order valence-electron chi connectivity index (χ2n) is 5.15. The van der Waals surface area contributed by atoms with E-state index in [0.29, 0.717) is 12.4 Å². The molecule has 0 bridgehead atoms. The molecule has 0 saturated carbocycles. The average Bonchev–Trinajstić information content (AvgIpc) is 3.02. The molecule has 0 atom stereocenters. The number of aromatic nitrogens is 4. The topological polar surface area (TPSA) is 105 Å². The van der Waals surface area contributed by atoms with Crippen molar-refractivity contribution in [2.24, 2.45) is 5.73 Å². The number of nitrogen functional groups attached to an aromatic ring is 1. The average molecular weight is 298 g/mol. The largest absolute Gasteiger partial charge is 0.381 e. The number of anilines is 1. The molecule has 0 amide bonds. The van der Waals surface area contributed by atoms with E-state index in [0.717, 1.165) is 28.6 Å². The van der Waals surface area contributed by atoms with Crippen LogP contribution in [0.25, 0.3) is 10.9 Å². The highest BCUT2D eigenvalue weighted by molar-refractivity contribution is 5.95. The molecule has 3 rings (SSSR count). The fourth-order valence-corrected chi connectivity index (χ4v) is 2.79. The first-order valence-corrected chi connectivity index (χ1v) is 7.09. The van der Waals surface area contributed by atoms with Crippen molar-refractivity contribution in [2.75, 3.05) is 12.3 Å². The molecule has 0 radical (unpaired) electrons. The van der Waals surface area contributed by atoms with Crippen LogP contribution in [-0.2, 0) is 13.0 Å². The van der Waals surface area contributed by atoms with Gasteiger partial charge in [-0.3, -0.25) is 9.36 Å². The Morgan fingerprint density at radius 2 is 2.09 bits per heavy atom. The number of fused-ring (bicyclic) bond motifs is 1. The van der Waals surface area contributed by atoms with Crippen LogP contribution < -0.4 is 11.5 Å². The van der Waals surface area contributed by atoms with Gasteiger partial charge in [-0.05, 0) is 31.5 Å². The number of benzene rings is 1. The maximum Gasteiger partial charge on any atom is 0.254 e. The second kappa shape index (κ2) is 5.61. The van der Waals surface area contributed by atoms with Crippen molar-refractivity contribution in [1.82, 2.24) is 19.6 Å². The zero-order valence-corrected chi connectivity index (χ0v) is 12.4. The van der Waals surface area contributed by atoms with Crippen LogP contribution in [0.4, 0.5) is 5.82 Å². The van der Waals surface area contributed by atoms with E-state index < -0.39 is 0 Å². The van der Waals surface area contributed by atoms with Crippen molar-refractivity contribution in [3.63, 3.8) is 0 Å². The van der Waals surface area contributed by atoms with Crippen molar-refractivity contribution >= 4 is 22.6 Å². The lowest BCUT2D eigenvalue weighted by Crippen LogP contribution is -2.20. The van der Waals surface area contributed by atoms with Crippen LogP contribution in [0.3, 0.4) is 0 Å². The summed E-state index contributed by atoms with van der Waals surface area (Å²) in [6.45, 7) is 2.52. The summed E-state index contributed by atoms with van der Waals surface area (Å²) in [4.78, 5) is 14.0. The molecular formula is C15H18N6O. The zero-order chi connectivity index (χ0) is 15.7. The van der Waals surface area contributed by atoms with E-state index in [1.165, 1.54) is 11.0 Å². The number of para-hydroxylation sites is 1. The van der Waals surface area contributed by atoms with E-state index in [9.17, 15) is 4.79 Å². The van der Waals surface area contributed by atoms with Gasteiger partial charge < -0.3 is 11.5 Å². The molecule has 0 fully saturated rings. The number of nitrogens with zero attached hydrogens (tertiary/aromatic N) is 4. The van der Waals surface area contributed by atoms with Gasteiger partial charge in [-0.25, -0.2) is 0 Å². The quantitative estimate of drug-likeness (QED) is 0.746. The lowest BCUT2D eigenvalue weighted by Gasteiger charge is -2.07. The van der Waals surface area contributed by atoms with Crippen molar-refractivity contribution in [3.8, 4) is 0 Å². The van der Waals surface area contributed by atoms with E-state index in [1.807, 2.05) is 31.2 Å². The standard InChI is InChI=1S/C15H18N6O/c1-10-11(6-7-16)12-4-2-3-5-13(12)21(10)15(22)9-20-18-8-14(17)19-20/h2-5,8H,6-7,9,16H2,1H3,(H2,17,19). The highest BCUT2D eigenvalue weighted by Gasteiger charge is 2.18. The van der Waals surface area contributed by atoms with Gasteiger partial charge in [0, 0.05) is 11.1 Å². The Morgan fingerprint density at radius 1 is 1.32 bits per heavy atom. The van der Waals surface area contributed by atoms with Crippen molar-refractivity contribution < 1.29 is 4.79 Å². The Bertz CT molecular complexity index is 832. The van der Waals surface area contributed by atoms with E-state index in [2.05, 4.69) is 10.2 Å². The lowest BCUT2D eigenvalue weighted by molar-refractivity contribution is 0.0884. The Morgan fingerprint density at radius 3 is 2.77 bits per heavy atom. The molecule has 0 unspecified atom stereocenters. The summed E-state index contributed by atoms with van der Waals surface area (Å²) in [5.41, 5.74) is 14.1. The molecule has 2 heterocycles. The summed E-state index contributed by atoms with van der Waals surface area (Å²) < 4.78 is 1.71. The van der Waals surface area contributed by atoms with Crippen molar-refractivity contribution in [2.45, 2.75) is 19.9 Å². The van der Waals surface area contributed by atoms with Crippen LogP contribution in [0.1, 0.15) is 16.1 Å². The first kappa shape index (κ1) is 14.3. The van der Waals surface area contributed by atoms with Crippen LogP contribution >= 0.6 is 0 Å². The Hall–Kier alpha value is -2.67. The number of nitrogens with two attached hydrogens (primary N) is 2. The molecule has 114 valence electrons. The van der Waals surface area contributed by atoms with E-state index in [4.69, 9.17) is 11.5 Å². The van der Waals surface area contributed by atoms with Gasteiger partial charge in [-0.1, -0.05) is 18.2 Å². The Labute approximate surface area is 127 Å². The number of carbonyl (C=O) groups excluding carboxylic acids is 1. The van der Waals surface area contributed by atoms with Crippen LogP contribution in [0.5, 0.6) is 0 Å². The minimum Gasteiger partial charge on any atom is -0.381 e. The first-order valence-electron chi connectivity index (χ1n) is 7.09. The molecule has 22 heavy (non-hydrogen) atoms. The number of hydrogen-bond donors (Lipinski definition) is 2. The van der Waals surface area contributed by atoms with Crippen molar-refractivity contribution in [1.29, 1.82) is 0 Å². The van der Waals surface area contributed by atoms with Crippen LogP contribution in [0.2, 0.25) is 0 Å². The molecule has 4 N–H and O–H groups in total. The summed E-state index contributed by atoms with van der Waals surface area (Å²) in [5, 5.41) is 8.98. The van der Waals surface area contributed by atoms with E-state index in [1.54, 1.807) is 4.57 Å². The molecule has 3 aromatic rings. The van der Waals surface area contributed by atoms with Gasteiger partial charge in [-0.15, -0.1) is 5.10 Å². The van der Waals surface area contributed by atoms with Crippen LogP contribution in [0, 0.1) is 6.92 Å². The molecule has 2 aromatic heterocycles. The summed E-state index contributed by atoms with van der Waals surface area (Å²) in [6, 6.07) is 7.83. The predicted octanol–water partition coefficient (Wildman–Crippen LogP) is 0.965. The number of hydrogen-bond acceptors (Lipinski definition) is 5. The Balaban J connectivity index is 2.06. The molecule has 0 aliphatic rings. The maximum absolute atomic E-state index is 12.7. The first-order chi connectivity index (χ1) is 10.6. The third-order valence-corrected chi connectivity index (χ3v) is 3.72. The van der Waals surface area contributed by atoms with Crippen LogP contribution in [-0.4, -0.2) is 32.0 Å². The monoisotopic (exact) mass is 298 g/mol. The van der Waals surface area contributed by atoms with Gasteiger partial charge in [0.15, 0.2) is 5.82 Å². The van der Waals surface area contributed by atoms with Gasteiger partial charge in [-0.2, -0.15) is 9.90 Å². The maximum atomic E-state index is 12.7. The number of carbonyl (C=O) groups is 1. The smallest absolute Gasteiger partial charge is 0.254 e. The molecule has 0 saturated heterocycles. The van der Waals surface area contributed by atoms with Gasteiger partial charge in [0.1, 0.15) is 6.54 Å². The minimum atomic E-state index is -0.104. The molecule has 0 aliphatic carbocycles. The molecule has 0 aliphatic heterocycles. The SMILES string of the molecule is Cc1c(CCN)c2ccccc2n1C(=O)Cn1ncc(N)n1. The minimum absolute atomic E-state index is 0.0405. The third kappa shape index (κ3) is 2.35.